The second-order valence-electron chi connectivity index (χ2n) is 11.5. The molecule has 0 spiro atoms. The van der Waals surface area contributed by atoms with Gasteiger partial charge in [0, 0.05) is 46.8 Å². The standard InChI is InChI=1S/C31H34FN7O.C2H3N.C2H6/c1-18-15-24-28(27(32)26(18)25-16-34-19(2)22-8-4-5-9-23(22)25)35-31(40-17-21-7-6-14-38(21)3)29-30(24)39(37-36-29)20-10-12-33-13-11-20;1-2-3;1-2/h4-5,8-9,15-16,20-21,33H,6-7,10-14,17H2,1-3H3;1H3;1-2H3. The summed E-state index contributed by atoms with van der Waals surface area (Å²) in [7, 11) is 2.12. The number of pyridine rings is 2. The van der Waals surface area contributed by atoms with E-state index in [1.54, 1.807) is 12.3 Å². The van der Waals surface area contributed by atoms with Gasteiger partial charge in [-0.3, -0.25) is 4.98 Å². The monoisotopic (exact) mass is 610 g/mol. The Hall–Kier alpha value is -4.20. The van der Waals surface area contributed by atoms with Crippen LogP contribution < -0.4 is 10.1 Å². The van der Waals surface area contributed by atoms with Gasteiger partial charge in [0.1, 0.15) is 17.6 Å². The molecule has 45 heavy (non-hydrogen) atoms. The van der Waals surface area contributed by atoms with Crippen LogP contribution in [-0.2, 0) is 0 Å². The van der Waals surface area contributed by atoms with Gasteiger partial charge in [0.05, 0.1) is 12.1 Å². The molecular formula is C35H43FN8O. The second-order valence-corrected chi connectivity index (χ2v) is 11.5. The molecule has 1 atom stereocenters. The molecule has 236 valence electrons. The van der Waals surface area contributed by atoms with Crippen LogP contribution in [0.2, 0.25) is 0 Å². The zero-order valence-corrected chi connectivity index (χ0v) is 27.2. The van der Waals surface area contributed by atoms with Crippen LogP contribution in [-0.4, -0.2) is 69.2 Å². The number of fused-ring (bicyclic) bond motifs is 4. The molecule has 0 saturated carbocycles. The highest BCUT2D eigenvalue weighted by Crippen LogP contribution is 2.40. The third-order valence-electron chi connectivity index (χ3n) is 8.81. The maximum absolute atomic E-state index is 16.8. The third-order valence-corrected chi connectivity index (χ3v) is 8.81. The van der Waals surface area contributed by atoms with Gasteiger partial charge in [-0.25, -0.2) is 14.1 Å². The lowest BCUT2D eigenvalue weighted by Crippen LogP contribution is -2.30. The van der Waals surface area contributed by atoms with E-state index in [0.29, 0.717) is 35.0 Å². The fourth-order valence-electron chi connectivity index (χ4n) is 6.54. The number of hydrogen-bond donors (Lipinski definition) is 1. The maximum Gasteiger partial charge on any atom is 0.245 e. The van der Waals surface area contributed by atoms with Crippen LogP contribution in [0.25, 0.3) is 43.8 Å². The van der Waals surface area contributed by atoms with Gasteiger partial charge in [0.15, 0.2) is 11.3 Å². The molecular weight excluding hydrogens is 567 g/mol. The quantitative estimate of drug-likeness (QED) is 0.229. The van der Waals surface area contributed by atoms with Crippen LogP contribution in [0.3, 0.4) is 0 Å². The molecule has 1 N–H and O–H groups in total. The molecule has 0 amide bonds. The lowest BCUT2D eigenvalue weighted by molar-refractivity contribution is 0.195. The van der Waals surface area contributed by atoms with E-state index < -0.39 is 0 Å². The van der Waals surface area contributed by atoms with Gasteiger partial charge in [-0.05, 0) is 83.2 Å². The molecule has 2 fully saturated rings. The van der Waals surface area contributed by atoms with Crippen molar-refractivity contribution in [3.05, 3.63) is 53.6 Å². The van der Waals surface area contributed by atoms with E-state index in [-0.39, 0.29) is 17.4 Å². The molecule has 7 rings (SSSR count). The Labute approximate surface area is 264 Å². The number of halogens is 1. The van der Waals surface area contributed by atoms with E-state index in [1.807, 2.05) is 62.7 Å². The Morgan fingerprint density at radius 2 is 1.78 bits per heavy atom. The molecule has 2 aromatic carbocycles. The number of nitriles is 1. The first kappa shape index (κ1) is 32.2. The number of nitrogens with zero attached hydrogens (tertiary/aromatic N) is 7. The van der Waals surface area contributed by atoms with Gasteiger partial charge in [0.25, 0.3) is 0 Å². The summed E-state index contributed by atoms with van der Waals surface area (Å²) in [5, 5.41) is 22.6. The van der Waals surface area contributed by atoms with E-state index >= 15 is 4.39 Å². The number of nitrogens with one attached hydrogen (secondary N) is 1. The lowest BCUT2D eigenvalue weighted by atomic mass is 9.93. The summed E-state index contributed by atoms with van der Waals surface area (Å²) in [6.07, 6.45) is 5.87. The minimum Gasteiger partial charge on any atom is -0.474 e. The molecule has 2 aliphatic rings. The molecule has 3 aromatic heterocycles. The molecule has 10 heteroatoms. The van der Waals surface area contributed by atoms with Crippen molar-refractivity contribution < 1.29 is 9.13 Å². The number of aromatic nitrogens is 5. The Morgan fingerprint density at radius 3 is 2.47 bits per heavy atom. The van der Waals surface area contributed by atoms with E-state index in [2.05, 4.69) is 32.6 Å². The SMILES string of the molecule is CC.CC#N.Cc1cc2c(nc(OCC3CCCN3C)c3nnn(C4CCNCC4)c32)c(F)c1-c1cnc(C)c2ccccc12. The topological polar surface area (TPSA) is 105 Å². The molecule has 0 bridgehead atoms. The minimum atomic E-state index is -0.367. The van der Waals surface area contributed by atoms with E-state index in [4.69, 9.17) is 15.0 Å². The first-order valence-corrected chi connectivity index (χ1v) is 16.0. The number of ether oxygens (including phenoxy) is 1. The fraction of sp³-hybridized carbons (Fsp3) is 0.457. The number of piperidine rings is 1. The van der Waals surface area contributed by atoms with Crippen molar-refractivity contribution >= 4 is 32.7 Å². The van der Waals surface area contributed by atoms with Gasteiger partial charge in [-0.2, -0.15) is 5.26 Å². The smallest absolute Gasteiger partial charge is 0.245 e. The Balaban J connectivity index is 0.000000757. The molecule has 2 saturated heterocycles. The largest absolute Gasteiger partial charge is 0.474 e. The molecule has 5 aromatic rings. The number of aryl methyl sites for hydroxylation is 2. The first-order valence-electron chi connectivity index (χ1n) is 16.0. The van der Waals surface area contributed by atoms with Gasteiger partial charge in [-0.15, -0.1) is 5.10 Å². The summed E-state index contributed by atoms with van der Waals surface area (Å²) in [4.78, 5) is 11.7. The number of hydrogen-bond acceptors (Lipinski definition) is 8. The molecule has 5 heterocycles. The van der Waals surface area contributed by atoms with Gasteiger partial charge >= 0.3 is 0 Å². The highest BCUT2D eigenvalue weighted by atomic mass is 19.1. The van der Waals surface area contributed by atoms with Gasteiger partial charge < -0.3 is 15.0 Å². The predicted molar refractivity (Wildman–Crippen MR) is 178 cm³/mol. The number of likely N-dealkylation sites (N-methyl/N-ethyl adjacent to an activating group) is 1. The van der Waals surface area contributed by atoms with Crippen LogP contribution in [0.15, 0.2) is 36.5 Å². The molecule has 1 unspecified atom stereocenters. The summed E-state index contributed by atoms with van der Waals surface area (Å²) >= 11 is 0. The van der Waals surface area contributed by atoms with Crippen LogP contribution in [0.5, 0.6) is 5.88 Å². The zero-order valence-electron chi connectivity index (χ0n) is 27.2. The van der Waals surface area contributed by atoms with Crippen LogP contribution in [0.1, 0.15) is 63.8 Å². The molecule has 2 aliphatic heterocycles. The number of benzene rings is 2. The summed E-state index contributed by atoms with van der Waals surface area (Å²) in [5.41, 5.74) is 4.70. The van der Waals surface area contributed by atoms with Crippen molar-refractivity contribution in [3.63, 3.8) is 0 Å². The van der Waals surface area contributed by atoms with Crippen molar-refractivity contribution in [2.24, 2.45) is 0 Å². The highest BCUT2D eigenvalue weighted by molar-refractivity contribution is 6.07. The Bertz CT molecular complexity index is 1840. The van der Waals surface area contributed by atoms with Crippen molar-refractivity contribution in [1.82, 2.24) is 35.2 Å². The number of likely N-dealkylation sites (tertiary alicyclic amines) is 1. The van der Waals surface area contributed by atoms with E-state index in [1.165, 1.54) is 6.92 Å². The second kappa shape index (κ2) is 14.3. The average molecular weight is 611 g/mol. The highest BCUT2D eigenvalue weighted by Gasteiger charge is 2.28. The Morgan fingerprint density at radius 1 is 1.07 bits per heavy atom. The maximum atomic E-state index is 16.8. The predicted octanol–water partition coefficient (Wildman–Crippen LogP) is 6.90. The average Bonchev–Trinajstić information content (AvgIpc) is 3.70. The third kappa shape index (κ3) is 6.20. The first-order chi connectivity index (χ1) is 21.9. The summed E-state index contributed by atoms with van der Waals surface area (Å²) in [6, 6.07) is 12.3. The summed E-state index contributed by atoms with van der Waals surface area (Å²) in [5.74, 6) is -0.0165. The molecule has 9 nitrogen and oxygen atoms in total. The van der Waals surface area contributed by atoms with Crippen LogP contribution >= 0.6 is 0 Å². The van der Waals surface area contributed by atoms with Crippen molar-refractivity contribution in [3.8, 4) is 23.1 Å². The van der Waals surface area contributed by atoms with Gasteiger partial charge in [0.2, 0.25) is 5.88 Å². The minimum absolute atomic E-state index is 0.180. The fourth-order valence-corrected chi connectivity index (χ4v) is 6.54. The molecule has 0 radical (unpaired) electrons. The van der Waals surface area contributed by atoms with Crippen molar-refractivity contribution in [2.45, 2.75) is 72.4 Å². The zero-order chi connectivity index (χ0) is 32.1. The summed E-state index contributed by atoms with van der Waals surface area (Å²) in [6.45, 7) is 12.7. The number of rotatable bonds is 5. The Kier molecular flexibility index (Phi) is 10.2. The van der Waals surface area contributed by atoms with Crippen LogP contribution in [0, 0.1) is 31.0 Å². The lowest BCUT2D eigenvalue weighted by Gasteiger charge is -2.24. The van der Waals surface area contributed by atoms with Crippen molar-refractivity contribution in [2.75, 3.05) is 33.3 Å². The molecule has 0 aliphatic carbocycles. The van der Waals surface area contributed by atoms with E-state index in [9.17, 15) is 0 Å². The van der Waals surface area contributed by atoms with Crippen LogP contribution in [0.4, 0.5) is 4.39 Å². The van der Waals surface area contributed by atoms with Gasteiger partial charge in [-0.1, -0.05) is 43.3 Å². The normalized spacial score (nSPS) is 17.1. The van der Waals surface area contributed by atoms with E-state index in [0.717, 1.165) is 78.4 Å². The van der Waals surface area contributed by atoms with Crippen molar-refractivity contribution in [1.29, 1.82) is 5.26 Å². The summed E-state index contributed by atoms with van der Waals surface area (Å²) < 4.78 is 25.1.